The zero-order chi connectivity index (χ0) is 33.8. The Morgan fingerprint density at radius 1 is 0.870 bits per heavy atom. The van der Waals surface area contributed by atoms with Crippen molar-refractivity contribution in [2.24, 2.45) is 0 Å². The molecule has 6 aromatic rings. The molecule has 3 N–H and O–H groups in total. The van der Waals surface area contributed by atoms with Gasteiger partial charge in [-0.2, -0.15) is 14.3 Å². The second kappa shape index (κ2) is 15.0. The Hall–Kier alpha value is -3.36. The molecule has 2 aromatic heterocycles. The number of H-pyrrole nitrogens is 1. The number of nitrogens with one attached hydrogen (secondary N) is 1. The average molecular weight is 888 g/mol. The second-order valence-electron chi connectivity index (χ2n) is 9.45. The van der Waals surface area contributed by atoms with Crippen LogP contribution < -0.4 is 5.46 Å². The molecule has 0 aliphatic rings. The summed E-state index contributed by atoms with van der Waals surface area (Å²) in [7, 11) is -5.19. The maximum Gasteiger partial charge on any atom is 0.491 e. The van der Waals surface area contributed by atoms with Crippen molar-refractivity contribution in [1.29, 1.82) is 0 Å². The number of fused-ring (bicyclic) bond motifs is 2. The minimum Gasteiger partial charge on any atom is -0.423 e. The standard InChI is InChI=1S/C14H8BrFN2O.C8H6BrIN2O2S.C7H6BFO3/c15-9-2-4-11-13(6-9)17-18-14(11)10-3-1-8(7-19)5-12(10)16;1-15(13,14)12-7-4-5(9)2-3-6(7)8(10)11-12;9-7-3-5(4-10)1-2-6(7)8(11)12/h1-7H,(H,17,18);2-4H,1H3;1-4,11-12H. The van der Waals surface area contributed by atoms with Crippen LogP contribution in [0.2, 0.25) is 0 Å². The van der Waals surface area contributed by atoms with Crippen molar-refractivity contribution in [3.05, 3.63) is 108 Å². The Bertz CT molecular complexity index is 2200. The molecule has 6 rings (SSSR count). The van der Waals surface area contributed by atoms with Gasteiger partial charge in [-0.25, -0.2) is 17.2 Å². The van der Waals surface area contributed by atoms with Gasteiger partial charge in [0.15, 0.2) is 0 Å². The molecule has 236 valence electrons. The van der Waals surface area contributed by atoms with Gasteiger partial charge in [-0.1, -0.05) is 50.1 Å². The van der Waals surface area contributed by atoms with Crippen molar-refractivity contribution in [2.45, 2.75) is 0 Å². The molecule has 0 aliphatic carbocycles. The molecule has 0 saturated heterocycles. The second-order valence-corrected chi connectivity index (χ2v) is 14.1. The summed E-state index contributed by atoms with van der Waals surface area (Å²) >= 11 is 8.69. The lowest BCUT2D eigenvalue weighted by Gasteiger charge is -2.01. The molecule has 2 heterocycles. The predicted molar refractivity (Wildman–Crippen MR) is 187 cm³/mol. The summed E-state index contributed by atoms with van der Waals surface area (Å²) in [6.07, 6.45) is 2.24. The summed E-state index contributed by atoms with van der Waals surface area (Å²) in [5, 5.41) is 29.9. The van der Waals surface area contributed by atoms with Crippen molar-refractivity contribution >= 4 is 111 Å². The molecule has 0 radical (unpaired) electrons. The van der Waals surface area contributed by atoms with Gasteiger partial charge in [0.05, 0.1) is 17.3 Å². The predicted octanol–water partition coefficient (Wildman–Crippen LogP) is 5.47. The fraction of sp³-hybridized carbons (Fsp3) is 0.0345. The number of aromatic amines is 1. The topological polar surface area (TPSA) is 155 Å². The molecule has 46 heavy (non-hydrogen) atoms. The Balaban J connectivity index is 0.000000161. The van der Waals surface area contributed by atoms with Crippen LogP contribution in [0.25, 0.3) is 33.1 Å². The lowest BCUT2D eigenvalue weighted by molar-refractivity contribution is 0.111. The van der Waals surface area contributed by atoms with E-state index in [4.69, 9.17) is 10.0 Å². The van der Waals surface area contributed by atoms with Crippen LogP contribution in [0.1, 0.15) is 20.7 Å². The van der Waals surface area contributed by atoms with E-state index in [0.717, 1.165) is 47.7 Å². The third kappa shape index (κ3) is 8.32. The lowest BCUT2D eigenvalue weighted by Crippen LogP contribution is -2.32. The molecule has 0 saturated carbocycles. The van der Waals surface area contributed by atoms with Crippen LogP contribution in [0.15, 0.2) is 81.7 Å². The van der Waals surface area contributed by atoms with E-state index in [9.17, 15) is 26.8 Å². The van der Waals surface area contributed by atoms with E-state index in [-0.39, 0.29) is 11.0 Å². The number of benzene rings is 4. The van der Waals surface area contributed by atoms with Gasteiger partial charge in [-0.05, 0) is 77.2 Å². The van der Waals surface area contributed by atoms with Gasteiger partial charge >= 0.3 is 7.12 Å². The fourth-order valence-electron chi connectivity index (χ4n) is 4.10. The van der Waals surface area contributed by atoms with Crippen LogP contribution in [0.4, 0.5) is 8.78 Å². The van der Waals surface area contributed by atoms with Gasteiger partial charge in [0.2, 0.25) is 0 Å². The summed E-state index contributed by atoms with van der Waals surface area (Å²) < 4.78 is 53.2. The highest BCUT2D eigenvalue weighted by Gasteiger charge is 2.17. The molecule has 10 nitrogen and oxygen atoms in total. The third-order valence-electron chi connectivity index (χ3n) is 6.23. The van der Waals surface area contributed by atoms with E-state index in [1.807, 2.05) is 52.9 Å². The molecule has 0 spiro atoms. The van der Waals surface area contributed by atoms with E-state index in [0.29, 0.717) is 38.6 Å². The Morgan fingerprint density at radius 3 is 2.02 bits per heavy atom. The van der Waals surface area contributed by atoms with Crippen LogP contribution in [0, 0.1) is 15.3 Å². The number of hydrogen-bond donors (Lipinski definition) is 3. The first kappa shape index (κ1) is 35.5. The Kier molecular flexibility index (Phi) is 11.6. The van der Waals surface area contributed by atoms with Crippen molar-refractivity contribution < 1.29 is 36.8 Å². The average Bonchev–Trinajstić information content (AvgIpc) is 3.57. The molecule has 0 atom stereocenters. The van der Waals surface area contributed by atoms with Gasteiger partial charge in [0.1, 0.15) is 33.6 Å². The zero-order valence-corrected chi connectivity index (χ0v) is 29.5. The van der Waals surface area contributed by atoms with Crippen molar-refractivity contribution in [3.63, 3.8) is 0 Å². The molecule has 0 fully saturated rings. The van der Waals surface area contributed by atoms with E-state index in [2.05, 4.69) is 47.2 Å². The van der Waals surface area contributed by atoms with Crippen molar-refractivity contribution in [1.82, 2.24) is 19.4 Å². The van der Waals surface area contributed by atoms with Crippen LogP contribution in [-0.4, -0.2) is 63.8 Å². The molecule has 17 heteroatoms. The first-order valence-electron chi connectivity index (χ1n) is 12.8. The van der Waals surface area contributed by atoms with Crippen LogP contribution in [0.5, 0.6) is 0 Å². The van der Waals surface area contributed by atoms with Gasteiger partial charge in [-0.3, -0.25) is 14.7 Å². The van der Waals surface area contributed by atoms with E-state index in [1.54, 1.807) is 18.2 Å². The Labute approximate surface area is 291 Å². The normalized spacial score (nSPS) is 11.0. The summed E-state index contributed by atoms with van der Waals surface area (Å²) in [6.45, 7) is 0. The van der Waals surface area contributed by atoms with Crippen LogP contribution in [0.3, 0.4) is 0 Å². The highest BCUT2D eigenvalue weighted by atomic mass is 127. The zero-order valence-electron chi connectivity index (χ0n) is 23.3. The number of aromatic nitrogens is 4. The minimum atomic E-state index is -3.35. The van der Waals surface area contributed by atoms with Crippen molar-refractivity contribution in [3.8, 4) is 11.3 Å². The number of carbonyl (C=O) groups is 2. The largest absolute Gasteiger partial charge is 0.491 e. The molecule has 0 amide bonds. The number of aldehydes is 2. The summed E-state index contributed by atoms with van der Waals surface area (Å²) in [6, 6.07) is 18.8. The first-order valence-corrected chi connectivity index (χ1v) is 17.3. The SMILES string of the molecule is CS(=O)(=O)n1nc(I)c2ccc(Br)cc21.O=Cc1ccc(-c2n[nH]c3cc(Br)ccc23)c(F)c1.O=Cc1ccc(B(O)O)c(F)c1. The monoisotopic (exact) mass is 886 g/mol. The minimum absolute atomic E-state index is 0.164. The molecule has 0 unspecified atom stereocenters. The smallest absolute Gasteiger partial charge is 0.423 e. The maximum atomic E-state index is 14.0. The quantitative estimate of drug-likeness (QED) is 0.117. The molecule has 0 bridgehead atoms. The highest BCUT2D eigenvalue weighted by Crippen LogP contribution is 2.30. The maximum absolute atomic E-state index is 14.0. The van der Waals surface area contributed by atoms with Gasteiger partial charge in [0, 0.05) is 41.9 Å². The molecule has 4 aromatic carbocycles. The van der Waals surface area contributed by atoms with Gasteiger partial charge in [-0.15, -0.1) is 0 Å². The van der Waals surface area contributed by atoms with E-state index < -0.39 is 28.8 Å². The van der Waals surface area contributed by atoms with Crippen LogP contribution in [-0.2, 0) is 10.0 Å². The number of carbonyl (C=O) groups excluding carboxylic acids is 2. The van der Waals surface area contributed by atoms with E-state index >= 15 is 0 Å². The lowest BCUT2D eigenvalue weighted by atomic mass is 9.79. The number of rotatable bonds is 5. The molecular formula is C29H20BBr2F2IN4O6S. The molecule has 0 aliphatic heterocycles. The van der Waals surface area contributed by atoms with Gasteiger partial charge in [0.25, 0.3) is 10.0 Å². The van der Waals surface area contributed by atoms with Gasteiger partial charge < -0.3 is 10.0 Å². The highest BCUT2D eigenvalue weighted by molar-refractivity contribution is 14.1. The fourth-order valence-corrected chi connectivity index (χ4v) is 6.36. The summed E-state index contributed by atoms with van der Waals surface area (Å²) in [5.41, 5.74) is 2.57. The molecular weight excluding hydrogens is 868 g/mol. The first-order chi connectivity index (χ1) is 21.7. The van der Waals surface area contributed by atoms with E-state index in [1.165, 1.54) is 12.1 Å². The van der Waals surface area contributed by atoms with Crippen LogP contribution >= 0.6 is 54.5 Å². The summed E-state index contributed by atoms with van der Waals surface area (Å²) in [5.74, 6) is -1.25. The number of halogens is 5. The summed E-state index contributed by atoms with van der Waals surface area (Å²) in [4.78, 5) is 20.8. The Morgan fingerprint density at radius 2 is 1.46 bits per heavy atom. The number of nitrogens with zero attached hydrogens (tertiary/aromatic N) is 3. The van der Waals surface area contributed by atoms with Crippen molar-refractivity contribution in [2.75, 3.05) is 6.26 Å². The third-order valence-corrected chi connectivity index (χ3v) is 8.92. The number of hydrogen-bond acceptors (Lipinski definition) is 8.